The summed E-state index contributed by atoms with van der Waals surface area (Å²) in [5.74, 6) is 0.835. The summed E-state index contributed by atoms with van der Waals surface area (Å²) < 4.78 is 5.57. The van der Waals surface area contributed by atoms with Crippen LogP contribution in [0, 0.1) is 5.92 Å². The Morgan fingerprint density at radius 1 is 1.39 bits per heavy atom. The largest absolute Gasteiger partial charge is 0.375 e. The molecule has 2 N–H and O–H groups in total. The number of morpholine rings is 1. The van der Waals surface area contributed by atoms with Crippen LogP contribution in [-0.2, 0) is 9.53 Å². The lowest BCUT2D eigenvalue weighted by atomic mass is 9.83. The highest BCUT2D eigenvalue weighted by molar-refractivity contribution is 5.76. The van der Waals surface area contributed by atoms with Crippen LogP contribution in [0.4, 0.5) is 0 Å². The van der Waals surface area contributed by atoms with Gasteiger partial charge in [0.25, 0.3) is 0 Å². The molecule has 0 aromatic carbocycles. The topological polar surface area (TPSA) is 50.4 Å². The Morgan fingerprint density at radius 3 is 2.94 bits per heavy atom. The normalized spacial score (nSPS) is 33.1. The van der Waals surface area contributed by atoms with Crippen LogP contribution >= 0.6 is 0 Å². The maximum atomic E-state index is 12.0. The minimum absolute atomic E-state index is 0.0578. The summed E-state index contributed by atoms with van der Waals surface area (Å²) in [7, 11) is 0. The molecule has 3 atom stereocenters. The molecular formula is C14H26N2O2. The molecule has 1 aliphatic carbocycles. The van der Waals surface area contributed by atoms with Crippen LogP contribution in [0.15, 0.2) is 0 Å². The number of amides is 1. The van der Waals surface area contributed by atoms with Crippen molar-refractivity contribution in [3.63, 3.8) is 0 Å². The fraction of sp³-hybridized carbons (Fsp3) is 0.929. The van der Waals surface area contributed by atoms with Crippen molar-refractivity contribution in [2.75, 3.05) is 19.7 Å². The molecule has 2 fully saturated rings. The fourth-order valence-corrected chi connectivity index (χ4v) is 3.11. The number of carbonyl (C=O) groups is 1. The average Bonchev–Trinajstić information content (AvgIpc) is 2.40. The Kier molecular flexibility index (Phi) is 5.45. The maximum absolute atomic E-state index is 12.0. The van der Waals surface area contributed by atoms with Gasteiger partial charge < -0.3 is 15.4 Å². The first-order chi connectivity index (χ1) is 8.79. The van der Waals surface area contributed by atoms with E-state index in [9.17, 15) is 4.79 Å². The molecule has 1 aliphatic heterocycles. The number of hydrogen-bond donors (Lipinski definition) is 2. The molecule has 1 heterocycles. The Morgan fingerprint density at radius 2 is 2.22 bits per heavy atom. The highest BCUT2D eigenvalue weighted by Crippen LogP contribution is 2.26. The van der Waals surface area contributed by atoms with Crippen molar-refractivity contribution in [2.45, 2.75) is 57.6 Å². The van der Waals surface area contributed by atoms with Gasteiger partial charge in [0.1, 0.15) is 0 Å². The van der Waals surface area contributed by atoms with Gasteiger partial charge in [-0.2, -0.15) is 0 Å². The monoisotopic (exact) mass is 254 g/mol. The van der Waals surface area contributed by atoms with Gasteiger partial charge in [0.2, 0.25) is 5.91 Å². The third kappa shape index (κ3) is 3.95. The van der Waals surface area contributed by atoms with Gasteiger partial charge in [0.15, 0.2) is 0 Å². The molecule has 0 aromatic rings. The highest BCUT2D eigenvalue weighted by Gasteiger charge is 2.26. The zero-order valence-corrected chi connectivity index (χ0v) is 11.4. The van der Waals surface area contributed by atoms with E-state index in [0.29, 0.717) is 18.4 Å². The van der Waals surface area contributed by atoms with Gasteiger partial charge in [-0.1, -0.05) is 26.2 Å². The van der Waals surface area contributed by atoms with E-state index in [1.165, 1.54) is 25.7 Å². The predicted molar refractivity (Wildman–Crippen MR) is 71.4 cm³/mol. The van der Waals surface area contributed by atoms with E-state index >= 15 is 0 Å². The zero-order chi connectivity index (χ0) is 12.8. The second-order valence-corrected chi connectivity index (χ2v) is 5.53. The van der Waals surface area contributed by atoms with Crippen LogP contribution in [0.1, 0.15) is 45.4 Å². The van der Waals surface area contributed by atoms with E-state index < -0.39 is 0 Å². The van der Waals surface area contributed by atoms with Crippen molar-refractivity contribution in [2.24, 2.45) is 5.92 Å². The summed E-state index contributed by atoms with van der Waals surface area (Å²) >= 11 is 0. The van der Waals surface area contributed by atoms with Crippen LogP contribution in [0.2, 0.25) is 0 Å². The molecule has 1 saturated carbocycles. The summed E-state index contributed by atoms with van der Waals surface area (Å²) in [5.41, 5.74) is 0. The van der Waals surface area contributed by atoms with Crippen molar-refractivity contribution in [1.82, 2.24) is 10.6 Å². The maximum Gasteiger partial charge on any atom is 0.222 e. The lowest BCUT2D eigenvalue weighted by Crippen LogP contribution is -2.45. The molecule has 4 heteroatoms. The zero-order valence-electron chi connectivity index (χ0n) is 11.4. The first-order valence-corrected chi connectivity index (χ1v) is 7.41. The number of nitrogens with one attached hydrogen (secondary N) is 2. The Hall–Kier alpha value is -0.610. The Balaban J connectivity index is 1.75. The standard InChI is InChI=1S/C14H26N2O2/c1-2-11-5-3-4-6-13(11)16-14(17)9-12-10-15-7-8-18-12/h11-13,15H,2-10H2,1H3,(H,16,17). The number of ether oxygens (including phenoxy) is 1. The second kappa shape index (κ2) is 7.10. The van der Waals surface area contributed by atoms with E-state index in [0.717, 1.165) is 26.1 Å². The minimum Gasteiger partial charge on any atom is -0.375 e. The summed E-state index contributed by atoms with van der Waals surface area (Å²) in [6.07, 6.45) is 6.72. The summed E-state index contributed by atoms with van der Waals surface area (Å²) in [5, 5.41) is 6.48. The van der Waals surface area contributed by atoms with Gasteiger partial charge in [-0.15, -0.1) is 0 Å². The minimum atomic E-state index is 0.0578. The summed E-state index contributed by atoms with van der Waals surface area (Å²) in [4.78, 5) is 12.0. The number of hydrogen-bond acceptors (Lipinski definition) is 3. The molecule has 104 valence electrons. The van der Waals surface area contributed by atoms with E-state index in [-0.39, 0.29) is 12.0 Å². The lowest BCUT2D eigenvalue weighted by Gasteiger charge is -2.32. The van der Waals surface area contributed by atoms with Crippen LogP contribution in [0.5, 0.6) is 0 Å². The quantitative estimate of drug-likeness (QED) is 0.798. The molecule has 2 rings (SSSR count). The van der Waals surface area contributed by atoms with Crippen molar-refractivity contribution >= 4 is 5.91 Å². The lowest BCUT2D eigenvalue weighted by molar-refractivity contribution is -0.125. The van der Waals surface area contributed by atoms with E-state index in [1.807, 2.05) is 0 Å². The van der Waals surface area contributed by atoms with Crippen LogP contribution in [-0.4, -0.2) is 37.7 Å². The third-order valence-corrected chi connectivity index (χ3v) is 4.20. The molecule has 1 amide bonds. The summed E-state index contributed by atoms with van der Waals surface area (Å²) in [6.45, 7) is 4.65. The number of carbonyl (C=O) groups excluding carboxylic acids is 1. The Labute approximate surface area is 110 Å². The average molecular weight is 254 g/mol. The van der Waals surface area contributed by atoms with Crippen LogP contribution < -0.4 is 10.6 Å². The van der Waals surface area contributed by atoms with Crippen molar-refractivity contribution in [3.8, 4) is 0 Å². The third-order valence-electron chi connectivity index (χ3n) is 4.20. The SMILES string of the molecule is CCC1CCCCC1NC(=O)CC1CNCCO1. The molecule has 18 heavy (non-hydrogen) atoms. The smallest absolute Gasteiger partial charge is 0.222 e. The van der Waals surface area contributed by atoms with Gasteiger partial charge >= 0.3 is 0 Å². The fourth-order valence-electron chi connectivity index (χ4n) is 3.11. The highest BCUT2D eigenvalue weighted by atomic mass is 16.5. The van der Waals surface area contributed by atoms with Crippen LogP contribution in [0.3, 0.4) is 0 Å². The first kappa shape index (κ1) is 13.8. The van der Waals surface area contributed by atoms with Crippen molar-refractivity contribution in [3.05, 3.63) is 0 Å². The summed E-state index contributed by atoms with van der Waals surface area (Å²) in [6, 6.07) is 0.396. The molecule has 0 bridgehead atoms. The molecular weight excluding hydrogens is 228 g/mol. The van der Waals surface area contributed by atoms with E-state index in [2.05, 4.69) is 17.6 Å². The molecule has 0 spiro atoms. The molecule has 4 nitrogen and oxygen atoms in total. The van der Waals surface area contributed by atoms with Gasteiger partial charge in [-0.3, -0.25) is 4.79 Å². The molecule has 1 saturated heterocycles. The molecule has 0 radical (unpaired) electrons. The Bertz CT molecular complexity index is 265. The van der Waals surface area contributed by atoms with Gasteiger partial charge in [-0.25, -0.2) is 0 Å². The second-order valence-electron chi connectivity index (χ2n) is 5.53. The van der Waals surface area contributed by atoms with Gasteiger partial charge in [0, 0.05) is 19.1 Å². The van der Waals surface area contributed by atoms with E-state index in [1.54, 1.807) is 0 Å². The molecule has 0 aromatic heterocycles. The van der Waals surface area contributed by atoms with Gasteiger partial charge in [-0.05, 0) is 18.8 Å². The first-order valence-electron chi connectivity index (χ1n) is 7.41. The van der Waals surface area contributed by atoms with Crippen molar-refractivity contribution < 1.29 is 9.53 Å². The number of rotatable bonds is 4. The molecule has 3 unspecified atom stereocenters. The van der Waals surface area contributed by atoms with Gasteiger partial charge in [0.05, 0.1) is 19.1 Å². The van der Waals surface area contributed by atoms with Crippen LogP contribution in [0.25, 0.3) is 0 Å². The van der Waals surface area contributed by atoms with E-state index in [4.69, 9.17) is 4.74 Å². The predicted octanol–water partition coefficient (Wildman–Crippen LogP) is 1.45. The van der Waals surface area contributed by atoms with Crippen molar-refractivity contribution in [1.29, 1.82) is 0 Å². The molecule has 2 aliphatic rings.